The van der Waals surface area contributed by atoms with Crippen LogP contribution >= 0.6 is 11.6 Å². The molecule has 6 heteroatoms. The summed E-state index contributed by atoms with van der Waals surface area (Å²) in [6.45, 7) is 4.23. The molecule has 0 amide bonds. The van der Waals surface area contributed by atoms with Crippen molar-refractivity contribution in [3.63, 3.8) is 0 Å². The van der Waals surface area contributed by atoms with Crippen LogP contribution in [0.3, 0.4) is 0 Å². The summed E-state index contributed by atoms with van der Waals surface area (Å²) in [6.07, 6.45) is 0.791. The molecule has 1 aromatic rings. The largest absolute Gasteiger partial charge is 0.468 e. The van der Waals surface area contributed by atoms with Gasteiger partial charge in [0.2, 0.25) is 0 Å². The highest BCUT2D eigenvalue weighted by atomic mass is 35.5. The topological polar surface area (TPSA) is 56.2 Å². The lowest BCUT2D eigenvalue weighted by atomic mass is 10.3. The molecule has 0 saturated carbocycles. The number of halogens is 1. The number of ether oxygens (including phenoxy) is 1. The van der Waals surface area contributed by atoms with Crippen molar-refractivity contribution in [2.75, 3.05) is 7.11 Å². The number of aromatic nitrogens is 2. The molecule has 0 fully saturated rings. The minimum Gasteiger partial charge on any atom is -0.468 e. The molecule has 5 nitrogen and oxygen atoms in total. The second-order valence-electron chi connectivity index (χ2n) is 3.81. The Kier molecular flexibility index (Phi) is 4.96. The van der Waals surface area contributed by atoms with Crippen LogP contribution < -0.4 is 5.32 Å². The zero-order valence-electron chi connectivity index (χ0n) is 10.6. The molecular weight excluding hydrogens is 242 g/mol. The number of nitrogens with zero attached hydrogens (tertiary/aromatic N) is 2. The van der Waals surface area contributed by atoms with Crippen LogP contribution in [0.15, 0.2) is 0 Å². The van der Waals surface area contributed by atoms with Gasteiger partial charge in [0.1, 0.15) is 6.04 Å². The van der Waals surface area contributed by atoms with Gasteiger partial charge in [-0.25, -0.2) is 0 Å². The third-order valence-electron chi connectivity index (χ3n) is 2.63. The van der Waals surface area contributed by atoms with E-state index in [0.29, 0.717) is 11.6 Å². The van der Waals surface area contributed by atoms with Crippen LogP contribution in [0.1, 0.15) is 25.2 Å². The predicted molar refractivity (Wildman–Crippen MR) is 65.9 cm³/mol. The Morgan fingerprint density at radius 3 is 2.76 bits per heavy atom. The van der Waals surface area contributed by atoms with Crippen LogP contribution in [0.4, 0.5) is 0 Å². The molecule has 1 heterocycles. The normalized spacial score (nSPS) is 12.5. The standard InChI is InChI=1S/C11H18ClN3O2/c1-5-8-10(12)9(15(3)14-8)6-13-7(2)11(16)17-4/h7,13H,5-6H2,1-4H3. The molecule has 1 rings (SSSR count). The van der Waals surface area contributed by atoms with Gasteiger partial charge in [0, 0.05) is 13.6 Å². The molecule has 1 aromatic heterocycles. The Balaban J connectivity index is 2.69. The second-order valence-corrected chi connectivity index (χ2v) is 4.19. The number of rotatable bonds is 5. The first-order valence-corrected chi connectivity index (χ1v) is 5.90. The Bertz CT molecular complexity index is 404. The predicted octanol–water partition coefficient (Wildman–Crippen LogP) is 1.29. The van der Waals surface area contributed by atoms with Crippen molar-refractivity contribution in [1.82, 2.24) is 15.1 Å². The van der Waals surface area contributed by atoms with E-state index >= 15 is 0 Å². The molecule has 0 radical (unpaired) electrons. The summed E-state index contributed by atoms with van der Waals surface area (Å²) in [5.74, 6) is -0.293. The second kappa shape index (κ2) is 6.02. The van der Waals surface area contributed by atoms with Gasteiger partial charge < -0.3 is 4.74 Å². The summed E-state index contributed by atoms with van der Waals surface area (Å²) < 4.78 is 6.36. The third-order valence-corrected chi connectivity index (χ3v) is 3.07. The average molecular weight is 260 g/mol. The van der Waals surface area contributed by atoms with Crippen molar-refractivity contribution in [2.45, 2.75) is 32.9 Å². The Labute approximate surface area is 106 Å². The molecule has 0 aliphatic carbocycles. The first-order valence-electron chi connectivity index (χ1n) is 5.52. The monoisotopic (exact) mass is 259 g/mol. The summed E-state index contributed by atoms with van der Waals surface area (Å²) in [4.78, 5) is 11.2. The van der Waals surface area contributed by atoms with E-state index in [1.807, 2.05) is 14.0 Å². The van der Waals surface area contributed by atoms with Gasteiger partial charge in [-0.15, -0.1) is 0 Å². The van der Waals surface area contributed by atoms with Crippen molar-refractivity contribution < 1.29 is 9.53 Å². The highest BCUT2D eigenvalue weighted by molar-refractivity contribution is 6.31. The number of nitrogens with one attached hydrogen (secondary N) is 1. The Hall–Kier alpha value is -1.07. The zero-order valence-corrected chi connectivity index (χ0v) is 11.3. The Morgan fingerprint density at radius 1 is 1.65 bits per heavy atom. The lowest BCUT2D eigenvalue weighted by Crippen LogP contribution is -2.34. The van der Waals surface area contributed by atoms with Crippen molar-refractivity contribution >= 4 is 17.6 Å². The van der Waals surface area contributed by atoms with E-state index in [-0.39, 0.29) is 12.0 Å². The van der Waals surface area contributed by atoms with Gasteiger partial charge in [0.15, 0.2) is 0 Å². The van der Waals surface area contributed by atoms with Crippen LogP contribution in [-0.2, 0) is 29.5 Å². The fourth-order valence-electron chi connectivity index (χ4n) is 1.52. The lowest BCUT2D eigenvalue weighted by Gasteiger charge is -2.11. The van der Waals surface area contributed by atoms with Crippen LogP contribution in [0.5, 0.6) is 0 Å². The Morgan fingerprint density at radius 2 is 2.29 bits per heavy atom. The fourth-order valence-corrected chi connectivity index (χ4v) is 1.88. The number of hydrogen-bond donors (Lipinski definition) is 1. The minimum absolute atomic E-state index is 0.293. The molecule has 17 heavy (non-hydrogen) atoms. The van der Waals surface area contributed by atoms with Crippen LogP contribution in [0.25, 0.3) is 0 Å². The molecule has 1 atom stereocenters. The number of methoxy groups -OCH3 is 1. The van der Waals surface area contributed by atoms with E-state index in [9.17, 15) is 4.79 Å². The summed E-state index contributed by atoms with van der Waals surface area (Å²) in [7, 11) is 3.21. The smallest absolute Gasteiger partial charge is 0.322 e. The summed E-state index contributed by atoms with van der Waals surface area (Å²) in [6, 6.07) is -0.365. The molecule has 0 bridgehead atoms. The first-order chi connectivity index (χ1) is 8.01. The minimum atomic E-state index is -0.365. The highest BCUT2D eigenvalue weighted by Crippen LogP contribution is 2.20. The molecular formula is C11H18ClN3O2. The molecule has 0 aliphatic heterocycles. The molecule has 0 spiro atoms. The van der Waals surface area contributed by atoms with Gasteiger partial charge in [-0.2, -0.15) is 5.10 Å². The quantitative estimate of drug-likeness (QED) is 0.810. The van der Waals surface area contributed by atoms with E-state index in [0.717, 1.165) is 17.8 Å². The van der Waals surface area contributed by atoms with Crippen molar-refractivity contribution in [3.05, 3.63) is 16.4 Å². The summed E-state index contributed by atoms with van der Waals surface area (Å²) in [5.41, 5.74) is 1.75. The van der Waals surface area contributed by atoms with Gasteiger partial charge in [-0.1, -0.05) is 18.5 Å². The van der Waals surface area contributed by atoms with Crippen LogP contribution in [0.2, 0.25) is 5.02 Å². The molecule has 1 N–H and O–H groups in total. The van der Waals surface area contributed by atoms with Crippen molar-refractivity contribution in [2.24, 2.45) is 7.05 Å². The van der Waals surface area contributed by atoms with Gasteiger partial charge in [0.05, 0.1) is 23.5 Å². The van der Waals surface area contributed by atoms with Gasteiger partial charge in [0.25, 0.3) is 0 Å². The first kappa shape index (κ1) is 14.0. The van der Waals surface area contributed by atoms with Crippen LogP contribution in [-0.4, -0.2) is 28.9 Å². The highest BCUT2D eigenvalue weighted by Gasteiger charge is 2.16. The summed E-state index contributed by atoms with van der Waals surface area (Å²) >= 11 is 6.19. The van der Waals surface area contributed by atoms with E-state index in [1.165, 1.54) is 7.11 Å². The van der Waals surface area contributed by atoms with E-state index in [2.05, 4.69) is 15.2 Å². The van der Waals surface area contributed by atoms with Crippen molar-refractivity contribution in [1.29, 1.82) is 0 Å². The maximum absolute atomic E-state index is 11.2. The molecule has 0 saturated heterocycles. The average Bonchev–Trinajstić information content (AvgIpc) is 2.60. The van der Waals surface area contributed by atoms with Gasteiger partial charge in [-0.05, 0) is 13.3 Å². The van der Waals surface area contributed by atoms with E-state index in [4.69, 9.17) is 11.6 Å². The lowest BCUT2D eigenvalue weighted by molar-refractivity contribution is -0.142. The van der Waals surface area contributed by atoms with Gasteiger partial charge >= 0.3 is 5.97 Å². The maximum Gasteiger partial charge on any atom is 0.322 e. The number of esters is 1. The van der Waals surface area contributed by atoms with Crippen LogP contribution in [0, 0.1) is 0 Å². The number of hydrogen-bond acceptors (Lipinski definition) is 4. The molecule has 1 unspecified atom stereocenters. The SMILES string of the molecule is CCc1nn(C)c(CNC(C)C(=O)OC)c1Cl. The summed E-state index contributed by atoms with van der Waals surface area (Å²) in [5, 5.41) is 8.02. The number of aryl methyl sites for hydroxylation is 2. The van der Waals surface area contributed by atoms with Gasteiger partial charge in [-0.3, -0.25) is 14.8 Å². The fraction of sp³-hybridized carbons (Fsp3) is 0.636. The number of carbonyl (C=O) groups is 1. The third kappa shape index (κ3) is 3.20. The molecule has 96 valence electrons. The number of carbonyl (C=O) groups excluding carboxylic acids is 1. The molecule has 0 aromatic carbocycles. The zero-order chi connectivity index (χ0) is 13.0. The van der Waals surface area contributed by atoms with E-state index in [1.54, 1.807) is 11.6 Å². The molecule has 0 aliphatic rings. The van der Waals surface area contributed by atoms with Crippen molar-refractivity contribution in [3.8, 4) is 0 Å². The maximum atomic E-state index is 11.2. The van der Waals surface area contributed by atoms with E-state index < -0.39 is 0 Å².